The lowest BCUT2D eigenvalue weighted by molar-refractivity contribution is -0.129. The van der Waals surface area contributed by atoms with Crippen LogP contribution in [0.15, 0.2) is 24.7 Å². The Morgan fingerprint density at radius 1 is 1.35 bits per heavy atom. The van der Waals surface area contributed by atoms with Gasteiger partial charge in [-0.05, 0) is 31.7 Å². The number of hydrogen-bond donors (Lipinski definition) is 1. The Labute approximate surface area is 151 Å². The molecular formula is C18H21N7O. The van der Waals surface area contributed by atoms with Crippen LogP contribution < -0.4 is 10.2 Å². The maximum Gasteiger partial charge on any atom is 0.229 e. The first kappa shape index (κ1) is 14.5. The van der Waals surface area contributed by atoms with Crippen LogP contribution in [0.1, 0.15) is 25.7 Å². The van der Waals surface area contributed by atoms with Gasteiger partial charge >= 0.3 is 0 Å². The second kappa shape index (κ2) is 4.75. The van der Waals surface area contributed by atoms with Crippen LogP contribution in [0, 0.1) is 11.8 Å². The fraction of sp³-hybridized carbons (Fsp3) is 0.556. The number of carbonyl (C=O) groups excluding carboxylic acids is 1. The molecule has 1 N–H and O–H groups in total. The third-order valence-corrected chi connectivity index (χ3v) is 6.36. The molecule has 134 valence electrons. The first-order valence-corrected chi connectivity index (χ1v) is 9.36. The Hall–Kier alpha value is -2.64. The number of likely N-dealkylation sites (tertiary alicyclic amines) is 1. The fourth-order valence-corrected chi connectivity index (χ4v) is 5.09. The van der Waals surface area contributed by atoms with Gasteiger partial charge in [0.1, 0.15) is 11.5 Å². The first-order valence-electron chi connectivity index (χ1n) is 9.36. The normalized spacial score (nSPS) is 31.3. The van der Waals surface area contributed by atoms with Crippen LogP contribution in [0.2, 0.25) is 0 Å². The topological polar surface area (TPSA) is 79.0 Å². The maximum atomic E-state index is 12.7. The number of aryl methyl sites for hydroxylation is 1. The standard InChI is InChI=1S/C18H21N7O/c1-23-10-13(8-20-23)21-17-19-7-5-14(22-17)24-9-12-4-6-18(24)15(12)25(18)16(26)11-2-3-11/h5,7-8,10-12,15H,2-4,6,9H2,1H3,(H,19,21,22)/t12?,15-,18?,25?/m1/s1. The molecular weight excluding hydrogens is 330 g/mol. The van der Waals surface area contributed by atoms with Crippen molar-refractivity contribution >= 4 is 23.4 Å². The third kappa shape index (κ3) is 1.84. The molecule has 2 unspecified atom stereocenters. The molecule has 2 aromatic rings. The van der Waals surface area contributed by atoms with E-state index in [-0.39, 0.29) is 11.6 Å². The minimum absolute atomic E-state index is 0.107. The number of rotatable bonds is 4. The lowest BCUT2D eigenvalue weighted by Gasteiger charge is -2.36. The Kier molecular flexibility index (Phi) is 2.65. The van der Waals surface area contributed by atoms with E-state index in [1.54, 1.807) is 17.1 Å². The molecule has 4 fully saturated rings. The summed E-state index contributed by atoms with van der Waals surface area (Å²) >= 11 is 0. The molecule has 0 radical (unpaired) electrons. The number of nitrogens with zero attached hydrogens (tertiary/aromatic N) is 6. The molecule has 4 heterocycles. The van der Waals surface area contributed by atoms with E-state index in [0.29, 0.717) is 23.8 Å². The van der Waals surface area contributed by atoms with Gasteiger partial charge in [-0.15, -0.1) is 0 Å². The molecule has 1 amide bonds. The Morgan fingerprint density at radius 2 is 2.23 bits per heavy atom. The minimum Gasteiger partial charge on any atom is -0.331 e. The summed E-state index contributed by atoms with van der Waals surface area (Å²) in [5, 5.41) is 7.37. The van der Waals surface area contributed by atoms with Crippen LogP contribution in [0.3, 0.4) is 0 Å². The van der Waals surface area contributed by atoms with E-state index in [4.69, 9.17) is 4.98 Å². The van der Waals surface area contributed by atoms with Crippen molar-refractivity contribution < 1.29 is 4.79 Å². The first-order chi connectivity index (χ1) is 12.7. The van der Waals surface area contributed by atoms with E-state index >= 15 is 0 Å². The van der Waals surface area contributed by atoms with Crippen molar-refractivity contribution in [2.24, 2.45) is 18.9 Å². The molecule has 2 aliphatic carbocycles. The van der Waals surface area contributed by atoms with Crippen LogP contribution in [0.25, 0.3) is 0 Å². The number of carbonyl (C=O) groups is 1. The Morgan fingerprint density at radius 3 is 2.96 bits per heavy atom. The number of nitrogens with one attached hydrogen (secondary N) is 1. The molecule has 3 atom stereocenters. The van der Waals surface area contributed by atoms with Crippen molar-refractivity contribution in [2.75, 3.05) is 16.8 Å². The number of aromatic nitrogens is 4. The Bertz CT molecular complexity index is 906. The molecule has 2 aromatic heterocycles. The quantitative estimate of drug-likeness (QED) is 0.841. The van der Waals surface area contributed by atoms with Gasteiger partial charge < -0.3 is 15.1 Å². The van der Waals surface area contributed by atoms with Crippen molar-refractivity contribution in [1.29, 1.82) is 0 Å². The van der Waals surface area contributed by atoms with Gasteiger partial charge in [0.05, 0.1) is 17.9 Å². The number of hydrogen-bond acceptors (Lipinski definition) is 6. The molecule has 2 saturated carbocycles. The SMILES string of the molecule is Cn1cc(Nc2nccc(N3CC4CCC35[C@@H]4N5C(=O)C3CC3)n2)cn1. The number of amides is 1. The average molecular weight is 351 g/mol. The van der Waals surface area contributed by atoms with Gasteiger partial charge in [0, 0.05) is 37.8 Å². The molecule has 2 saturated heterocycles. The number of anilines is 3. The van der Waals surface area contributed by atoms with Crippen LogP contribution in [0.4, 0.5) is 17.5 Å². The van der Waals surface area contributed by atoms with Gasteiger partial charge in [0.2, 0.25) is 11.9 Å². The third-order valence-electron chi connectivity index (χ3n) is 6.36. The second-order valence-corrected chi connectivity index (χ2v) is 7.98. The van der Waals surface area contributed by atoms with Crippen molar-refractivity contribution in [3.63, 3.8) is 0 Å². The van der Waals surface area contributed by atoms with E-state index in [1.165, 1.54) is 6.42 Å². The summed E-state index contributed by atoms with van der Waals surface area (Å²) in [7, 11) is 1.88. The molecule has 4 aliphatic rings. The summed E-state index contributed by atoms with van der Waals surface area (Å²) in [6, 6.07) is 2.36. The van der Waals surface area contributed by atoms with Gasteiger partial charge in [0.15, 0.2) is 0 Å². The molecule has 2 aliphatic heterocycles. The van der Waals surface area contributed by atoms with Gasteiger partial charge in [-0.25, -0.2) is 4.98 Å². The molecule has 0 aromatic carbocycles. The van der Waals surface area contributed by atoms with Gasteiger partial charge in [-0.3, -0.25) is 9.48 Å². The van der Waals surface area contributed by atoms with Gasteiger partial charge in [-0.1, -0.05) is 0 Å². The van der Waals surface area contributed by atoms with E-state index in [1.807, 2.05) is 19.3 Å². The predicted octanol–water partition coefficient (Wildman–Crippen LogP) is 1.50. The summed E-state index contributed by atoms with van der Waals surface area (Å²) < 4.78 is 1.74. The summed E-state index contributed by atoms with van der Waals surface area (Å²) in [4.78, 5) is 26.3. The predicted molar refractivity (Wildman–Crippen MR) is 94.7 cm³/mol. The second-order valence-electron chi connectivity index (χ2n) is 7.98. The van der Waals surface area contributed by atoms with Crippen molar-refractivity contribution in [1.82, 2.24) is 24.6 Å². The lowest BCUT2D eigenvalue weighted by atomic mass is 10.1. The molecule has 0 spiro atoms. The molecule has 6 rings (SSSR count). The van der Waals surface area contributed by atoms with Crippen LogP contribution >= 0.6 is 0 Å². The zero-order valence-corrected chi connectivity index (χ0v) is 14.7. The largest absolute Gasteiger partial charge is 0.331 e. The smallest absolute Gasteiger partial charge is 0.229 e. The Balaban J connectivity index is 1.29. The van der Waals surface area contributed by atoms with Gasteiger partial charge in [-0.2, -0.15) is 10.1 Å². The highest BCUT2D eigenvalue weighted by molar-refractivity contribution is 5.87. The zero-order valence-electron chi connectivity index (χ0n) is 14.7. The van der Waals surface area contributed by atoms with E-state index < -0.39 is 0 Å². The highest BCUT2D eigenvalue weighted by atomic mass is 16.2. The summed E-state index contributed by atoms with van der Waals surface area (Å²) in [5.74, 6) is 2.71. The van der Waals surface area contributed by atoms with E-state index in [9.17, 15) is 4.79 Å². The molecule has 26 heavy (non-hydrogen) atoms. The van der Waals surface area contributed by atoms with Crippen molar-refractivity contribution in [3.8, 4) is 0 Å². The van der Waals surface area contributed by atoms with Crippen LogP contribution in [-0.2, 0) is 11.8 Å². The monoisotopic (exact) mass is 351 g/mol. The molecule has 2 bridgehead atoms. The highest BCUT2D eigenvalue weighted by Crippen LogP contribution is 2.64. The lowest BCUT2D eigenvalue weighted by Crippen LogP contribution is -2.46. The molecule has 8 nitrogen and oxygen atoms in total. The zero-order chi connectivity index (χ0) is 17.5. The van der Waals surface area contributed by atoms with Crippen molar-refractivity contribution in [3.05, 3.63) is 24.7 Å². The maximum absolute atomic E-state index is 12.7. The summed E-state index contributed by atoms with van der Waals surface area (Å²) in [5.41, 5.74) is 0.755. The highest BCUT2D eigenvalue weighted by Gasteiger charge is 2.79. The fourth-order valence-electron chi connectivity index (χ4n) is 5.09. The van der Waals surface area contributed by atoms with E-state index in [0.717, 1.165) is 37.3 Å². The van der Waals surface area contributed by atoms with Crippen LogP contribution in [-0.4, -0.2) is 48.8 Å². The van der Waals surface area contributed by atoms with Crippen LogP contribution in [0.5, 0.6) is 0 Å². The summed E-state index contributed by atoms with van der Waals surface area (Å²) in [6.45, 7) is 0.989. The van der Waals surface area contributed by atoms with Crippen molar-refractivity contribution in [2.45, 2.75) is 37.4 Å². The molecule has 8 heteroatoms. The number of piperidine rings is 2. The average Bonchev–Trinajstić information content (AvgIpc) is 3.50. The van der Waals surface area contributed by atoms with Gasteiger partial charge in [0.25, 0.3) is 0 Å². The van der Waals surface area contributed by atoms with E-state index in [2.05, 4.69) is 25.2 Å². The minimum atomic E-state index is -0.107. The summed E-state index contributed by atoms with van der Waals surface area (Å²) in [6.07, 6.45) is 9.84.